The van der Waals surface area contributed by atoms with E-state index < -0.39 is 14.2 Å². The molecular weight excluding hydrogens is 413 g/mol. The Morgan fingerprint density at radius 1 is 1.23 bits per heavy atom. The number of amides is 1. The van der Waals surface area contributed by atoms with E-state index >= 15 is 0 Å². The molecule has 0 spiro atoms. The summed E-state index contributed by atoms with van der Waals surface area (Å²) in [5.74, 6) is 0.470. The molecule has 2 aromatic rings. The first-order valence-corrected chi connectivity index (χ1v) is 12.9. The topological polar surface area (TPSA) is 86.6 Å². The predicted octanol–water partition coefficient (Wildman–Crippen LogP) is 2.71. The van der Waals surface area contributed by atoms with Crippen molar-refractivity contribution in [1.82, 2.24) is 0 Å². The summed E-state index contributed by atoms with van der Waals surface area (Å²) in [5.41, 5.74) is 2.68. The zero-order valence-electron chi connectivity index (χ0n) is 15.2. The van der Waals surface area contributed by atoms with Crippen molar-refractivity contribution in [1.29, 1.82) is 0 Å². The maximum absolute atomic E-state index is 12.7. The third kappa shape index (κ3) is 4.15. The number of hydrogen-bond donors (Lipinski definition) is 3. The third-order valence-electron chi connectivity index (χ3n) is 5.09. The molecule has 0 radical (unpaired) electrons. The van der Waals surface area contributed by atoms with Crippen molar-refractivity contribution in [2.24, 2.45) is 11.3 Å². The monoisotopic (exact) mass is 437 g/mol. The van der Waals surface area contributed by atoms with E-state index in [2.05, 4.69) is 26.1 Å². The van der Waals surface area contributed by atoms with Crippen LogP contribution in [0.25, 0.3) is 0 Å². The van der Waals surface area contributed by atoms with Gasteiger partial charge in [-0.15, -0.1) is 0 Å². The molecule has 1 unspecified atom stereocenters. The molecule has 3 N–H and O–H groups in total. The Morgan fingerprint density at radius 2 is 1.88 bits per heavy atom. The van der Waals surface area contributed by atoms with Crippen LogP contribution in [0, 0.1) is 11.3 Å². The number of hydrogen-bond acceptors (Lipinski definition) is 3. The molecule has 1 atom stereocenters. The number of thiophene rings is 1. The van der Waals surface area contributed by atoms with Crippen molar-refractivity contribution in [2.45, 2.75) is 40.0 Å². The molecular formula is C19H24AsNO4S. The Morgan fingerprint density at radius 3 is 2.46 bits per heavy atom. The number of carbonyl (C=O) groups is 1. The van der Waals surface area contributed by atoms with Crippen LogP contribution in [-0.2, 0) is 16.6 Å². The Kier molecular flexibility index (Phi) is 5.23. The molecule has 3 rings (SSSR count). The van der Waals surface area contributed by atoms with Crippen LogP contribution in [0.2, 0.25) is 0 Å². The second-order valence-corrected chi connectivity index (χ2v) is 12.2. The quantitative estimate of drug-likeness (QED) is 0.645. The molecule has 1 aliphatic rings. The summed E-state index contributed by atoms with van der Waals surface area (Å²) in [7, 11) is 0. The van der Waals surface area contributed by atoms with Gasteiger partial charge in [0.1, 0.15) is 0 Å². The molecule has 1 amide bonds. The number of anilines is 1. The molecule has 26 heavy (non-hydrogen) atoms. The number of benzene rings is 1. The second kappa shape index (κ2) is 7.00. The van der Waals surface area contributed by atoms with Gasteiger partial charge in [-0.2, -0.15) is 0 Å². The molecule has 140 valence electrons. The van der Waals surface area contributed by atoms with E-state index in [0.717, 1.165) is 30.4 Å². The summed E-state index contributed by atoms with van der Waals surface area (Å²) in [6.07, 6.45) is 3.03. The first-order chi connectivity index (χ1) is 12.1. The second-order valence-electron chi connectivity index (χ2n) is 7.90. The Bertz CT molecular complexity index is 861. The normalized spacial score (nSPS) is 17.7. The van der Waals surface area contributed by atoms with Crippen LogP contribution in [0.15, 0.2) is 29.6 Å². The van der Waals surface area contributed by atoms with Crippen molar-refractivity contribution < 1.29 is 16.7 Å². The van der Waals surface area contributed by atoms with Crippen LogP contribution in [0.1, 0.15) is 48.0 Å². The Balaban J connectivity index is 1.74. The first kappa shape index (κ1) is 19.4. The van der Waals surface area contributed by atoms with Crippen LogP contribution in [0.5, 0.6) is 0 Å². The molecule has 1 aliphatic carbocycles. The fourth-order valence-corrected chi connectivity index (χ4v) is 5.67. The van der Waals surface area contributed by atoms with E-state index in [1.165, 1.54) is 29.1 Å². The van der Waals surface area contributed by atoms with Crippen LogP contribution in [-0.4, -0.2) is 28.3 Å². The summed E-state index contributed by atoms with van der Waals surface area (Å²) >= 11 is -3.24. The molecule has 0 aliphatic heterocycles. The average Bonchev–Trinajstić information content (AvgIpc) is 2.97. The number of nitrogens with one attached hydrogen (secondary N) is 1. The van der Waals surface area contributed by atoms with Crippen molar-refractivity contribution >= 4 is 41.5 Å². The van der Waals surface area contributed by atoms with E-state index in [1.54, 1.807) is 11.3 Å². The fourth-order valence-electron chi connectivity index (χ4n) is 3.38. The number of fused-ring (bicyclic) bond motifs is 1. The van der Waals surface area contributed by atoms with Crippen molar-refractivity contribution in [3.63, 3.8) is 0 Å². The third-order valence-corrected chi connectivity index (χ3v) is 8.17. The predicted molar refractivity (Wildman–Crippen MR) is 104 cm³/mol. The van der Waals surface area contributed by atoms with E-state index in [9.17, 15) is 16.7 Å². The number of rotatable bonds is 3. The molecule has 1 aromatic heterocycles. The van der Waals surface area contributed by atoms with Gasteiger partial charge < -0.3 is 0 Å². The van der Waals surface area contributed by atoms with Gasteiger partial charge in [-0.25, -0.2) is 0 Å². The summed E-state index contributed by atoms with van der Waals surface area (Å²) in [5, 5.41) is 4.76. The van der Waals surface area contributed by atoms with Gasteiger partial charge in [0.2, 0.25) is 0 Å². The SMILES string of the molecule is CC(C)(C)C1CCc2c(C(=O)Nc3ccc([As](=O)(O)O)cc3)csc2C1. The Labute approximate surface area is 160 Å². The number of carbonyl (C=O) groups excluding carboxylic acids is 1. The van der Waals surface area contributed by atoms with Gasteiger partial charge in [-0.05, 0) is 0 Å². The molecule has 5 nitrogen and oxygen atoms in total. The van der Waals surface area contributed by atoms with E-state index in [0.29, 0.717) is 11.6 Å². The zero-order chi connectivity index (χ0) is 19.1. The minimum atomic E-state index is -4.89. The molecule has 0 bridgehead atoms. The van der Waals surface area contributed by atoms with Crippen LogP contribution in [0.3, 0.4) is 0 Å². The van der Waals surface area contributed by atoms with Gasteiger partial charge in [0.05, 0.1) is 0 Å². The summed E-state index contributed by atoms with van der Waals surface area (Å²) in [4.78, 5) is 14.0. The average molecular weight is 437 g/mol. The van der Waals surface area contributed by atoms with Gasteiger partial charge in [-0.1, -0.05) is 20.8 Å². The van der Waals surface area contributed by atoms with E-state index in [4.69, 9.17) is 0 Å². The van der Waals surface area contributed by atoms with Gasteiger partial charge in [0.15, 0.2) is 0 Å². The van der Waals surface area contributed by atoms with Gasteiger partial charge in [0, 0.05) is 0 Å². The fraction of sp³-hybridized carbons (Fsp3) is 0.421. The van der Waals surface area contributed by atoms with Crippen molar-refractivity contribution in [3.05, 3.63) is 45.6 Å². The zero-order valence-corrected chi connectivity index (χ0v) is 17.8. The van der Waals surface area contributed by atoms with Gasteiger partial charge >= 0.3 is 140 Å². The summed E-state index contributed by atoms with van der Waals surface area (Å²) in [6.45, 7) is 6.81. The summed E-state index contributed by atoms with van der Waals surface area (Å²) in [6, 6.07) is 5.80. The molecule has 0 fully saturated rings. The molecule has 1 aromatic carbocycles. The standard InChI is InChI=1S/C19H24AsNO4S/c1-19(2,3)12-4-9-15-16(11-26-17(15)10-12)18(22)21-14-7-5-13(6-8-14)20(23,24)25/h5-8,11-12H,4,9-10H2,1-3H3,(H,21,22)(H2,23,24,25). The van der Waals surface area contributed by atoms with Crippen LogP contribution in [0.4, 0.5) is 5.69 Å². The molecule has 7 heteroatoms. The maximum atomic E-state index is 12.7. The molecule has 0 saturated carbocycles. The van der Waals surface area contributed by atoms with Gasteiger partial charge in [-0.3, -0.25) is 0 Å². The van der Waals surface area contributed by atoms with Crippen LogP contribution < -0.4 is 9.67 Å². The first-order valence-electron chi connectivity index (χ1n) is 8.62. The van der Waals surface area contributed by atoms with Crippen molar-refractivity contribution in [3.8, 4) is 0 Å². The summed E-state index contributed by atoms with van der Waals surface area (Å²) < 4.78 is 29.7. The molecule has 1 heterocycles. The van der Waals surface area contributed by atoms with E-state index in [1.807, 2.05) is 5.38 Å². The minimum absolute atomic E-state index is 0.00209. The van der Waals surface area contributed by atoms with Crippen molar-refractivity contribution in [2.75, 3.05) is 5.32 Å². The van der Waals surface area contributed by atoms with Gasteiger partial charge in [0.25, 0.3) is 0 Å². The molecule has 0 saturated heterocycles. The van der Waals surface area contributed by atoms with E-state index in [-0.39, 0.29) is 15.7 Å². The van der Waals surface area contributed by atoms with Crippen LogP contribution >= 0.6 is 11.3 Å². The Hall–Kier alpha value is -1.33.